The summed E-state index contributed by atoms with van der Waals surface area (Å²) in [5.41, 5.74) is 7.07. The molecule has 0 heterocycles. The van der Waals surface area contributed by atoms with Crippen LogP contribution in [0.15, 0.2) is 24.3 Å². The quantitative estimate of drug-likeness (QED) is 0.704. The lowest BCUT2D eigenvalue weighted by Gasteiger charge is -2.02. The van der Waals surface area contributed by atoms with Gasteiger partial charge in [0, 0.05) is 5.56 Å². The fourth-order valence-corrected chi connectivity index (χ4v) is 1.47. The normalized spacial score (nSPS) is 16.0. The van der Waals surface area contributed by atoms with Gasteiger partial charge in [-0.1, -0.05) is 18.2 Å². The Hall–Kier alpha value is -1.31. The molecule has 0 spiro atoms. The summed E-state index contributed by atoms with van der Waals surface area (Å²) in [7, 11) is 0. The van der Waals surface area contributed by atoms with E-state index in [1.807, 2.05) is 18.2 Å². The third-order valence-electron chi connectivity index (χ3n) is 2.24. The van der Waals surface area contributed by atoms with Gasteiger partial charge in [0.05, 0.1) is 0 Å². The van der Waals surface area contributed by atoms with Gasteiger partial charge in [0.15, 0.2) is 0 Å². The molecule has 12 heavy (non-hydrogen) atoms. The first-order chi connectivity index (χ1) is 5.79. The van der Waals surface area contributed by atoms with Crippen molar-refractivity contribution in [1.82, 2.24) is 0 Å². The van der Waals surface area contributed by atoms with Gasteiger partial charge < -0.3 is 5.73 Å². The van der Waals surface area contributed by atoms with Gasteiger partial charge in [0.2, 0.25) is 5.91 Å². The van der Waals surface area contributed by atoms with Crippen LogP contribution < -0.4 is 5.73 Å². The summed E-state index contributed by atoms with van der Waals surface area (Å²) in [6.45, 7) is 0. The van der Waals surface area contributed by atoms with Gasteiger partial charge in [0.25, 0.3) is 0 Å². The molecule has 1 amide bonds. The Kier molecular flexibility index (Phi) is 1.61. The number of primary amides is 1. The Bertz CT molecular complexity index is 315. The zero-order chi connectivity index (χ0) is 8.55. The van der Waals surface area contributed by atoms with E-state index >= 15 is 0 Å². The maximum absolute atomic E-state index is 11.0. The molecule has 1 saturated carbocycles. The largest absolute Gasteiger partial charge is 0.366 e. The highest BCUT2D eigenvalue weighted by molar-refractivity contribution is 5.94. The number of hydrogen-bond acceptors (Lipinski definition) is 1. The predicted molar refractivity (Wildman–Crippen MR) is 46.9 cm³/mol. The van der Waals surface area contributed by atoms with Gasteiger partial charge in [-0.15, -0.1) is 0 Å². The number of amides is 1. The molecule has 2 N–H and O–H groups in total. The molecule has 1 aliphatic rings. The fraction of sp³-hybridized carbons (Fsp3) is 0.300. The Morgan fingerprint density at radius 1 is 1.33 bits per heavy atom. The van der Waals surface area contributed by atoms with Gasteiger partial charge in [-0.05, 0) is 30.4 Å². The van der Waals surface area contributed by atoms with Crippen molar-refractivity contribution in [3.63, 3.8) is 0 Å². The molecule has 62 valence electrons. The maximum Gasteiger partial charge on any atom is 0.248 e. The predicted octanol–water partition coefficient (Wildman–Crippen LogP) is 1.66. The molecule has 1 aromatic carbocycles. The van der Waals surface area contributed by atoms with Crippen LogP contribution in [0.2, 0.25) is 0 Å². The van der Waals surface area contributed by atoms with Gasteiger partial charge in [-0.3, -0.25) is 4.79 Å². The van der Waals surface area contributed by atoms with Crippen LogP contribution in [0.5, 0.6) is 0 Å². The lowest BCUT2D eigenvalue weighted by Crippen LogP contribution is -2.13. The van der Waals surface area contributed by atoms with E-state index in [9.17, 15) is 4.79 Å². The number of nitrogens with two attached hydrogens (primary N) is 1. The molecule has 0 aromatic heterocycles. The number of carbonyl (C=O) groups is 1. The highest BCUT2D eigenvalue weighted by Crippen LogP contribution is 2.41. The van der Waals surface area contributed by atoms with Crippen LogP contribution in [0.3, 0.4) is 0 Å². The van der Waals surface area contributed by atoms with E-state index in [0.29, 0.717) is 11.5 Å². The highest BCUT2D eigenvalue weighted by Gasteiger charge is 2.26. The van der Waals surface area contributed by atoms with Crippen molar-refractivity contribution in [2.24, 2.45) is 5.73 Å². The summed E-state index contributed by atoms with van der Waals surface area (Å²) in [5.74, 6) is 0.284. The average Bonchev–Trinajstić information content (AvgIpc) is 2.87. The third-order valence-corrected chi connectivity index (χ3v) is 2.24. The number of hydrogen-bond donors (Lipinski definition) is 1. The van der Waals surface area contributed by atoms with Crippen LogP contribution in [0.1, 0.15) is 34.7 Å². The molecule has 0 unspecified atom stereocenters. The second-order valence-electron chi connectivity index (χ2n) is 3.23. The second-order valence-corrected chi connectivity index (χ2v) is 3.23. The molecular formula is C10H11NO. The minimum absolute atomic E-state index is 0.308. The monoisotopic (exact) mass is 161 g/mol. The van der Waals surface area contributed by atoms with Gasteiger partial charge in [-0.2, -0.15) is 0 Å². The minimum atomic E-state index is -0.308. The molecule has 1 aliphatic carbocycles. The summed E-state index contributed by atoms with van der Waals surface area (Å²) < 4.78 is 0. The first-order valence-corrected chi connectivity index (χ1v) is 4.18. The molecule has 2 heteroatoms. The minimum Gasteiger partial charge on any atom is -0.366 e. The van der Waals surface area contributed by atoms with Crippen LogP contribution in [0, 0.1) is 0 Å². The third kappa shape index (κ3) is 1.20. The second kappa shape index (κ2) is 2.63. The maximum atomic E-state index is 11.0. The summed E-state index contributed by atoms with van der Waals surface area (Å²) >= 11 is 0. The standard InChI is InChI=1S/C10H11NO/c11-10(12)9-4-2-1-3-8(9)7-5-6-7/h1-4,7H,5-6H2,(H2,11,12). The molecule has 0 saturated heterocycles. The van der Waals surface area contributed by atoms with Gasteiger partial charge in [-0.25, -0.2) is 0 Å². The fourth-order valence-electron chi connectivity index (χ4n) is 1.47. The first kappa shape index (κ1) is 7.35. The molecule has 1 fully saturated rings. The number of carbonyl (C=O) groups excluding carboxylic acids is 1. The van der Waals surface area contributed by atoms with Crippen molar-refractivity contribution in [3.05, 3.63) is 35.4 Å². The molecule has 1 aromatic rings. The topological polar surface area (TPSA) is 43.1 Å². The first-order valence-electron chi connectivity index (χ1n) is 4.18. The average molecular weight is 161 g/mol. The van der Waals surface area contributed by atoms with E-state index in [2.05, 4.69) is 0 Å². The van der Waals surface area contributed by atoms with Crippen molar-refractivity contribution in [3.8, 4) is 0 Å². The summed E-state index contributed by atoms with van der Waals surface area (Å²) in [6, 6.07) is 7.61. The molecule has 0 radical (unpaired) electrons. The van der Waals surface area contributed by atoms with Crippen molar-refractivity contribution in [2.45, 2.75) is 18.8 Å². The van der Waals surface area contributed by atoms with Crippen LogP contribution >= 0.6 is 0 Å². The van der Waals surface area contributed by atoms with Crippen LogP contribution in [0.4, 0.5) is 0 Å². The Morgan fingerprint density at radius 2 is 2.00 bits per heavy atom. The van der Waals surface area contributed by atoms with E-state index in [-0.39, 0.29) is 5.91 Å². The van der Waals surface area contributed by atoms with E-state index in [1.54, 1.807) is 6.07 Å². The zero-order valence-electron chi connectivity index (χ0n) is 6.79. The van der Waals surface area contributed by atoms with Crippen LogP contribution in [-0.2, 0) is 0 Å². The van der Waals surface area contributed by atoms with Crippen LogP contribution in [0.25, 0.3) is 0 Å². The lowest BCUT2D eigenvalue weighted by molar-refractivity contribution is 0.0999. The summed E-state index contributed by atoms with van der Waals surface area (Å²) in [4.78, 5) is 11.0. The molecule has 0 aliphatic heterocycles. The van der Waals surface area contributed by atoms with Crippen LogP contribution in [-0.4, -0.2) is 5.91 Å². The lowest BCUT2D eigenvalue weighted by atomic mass is 10.0. The highest BCUT2D eigenvalue weighted by atomic mass is 16.1. The molecular weight excluding hydrogens is 150 g/mol. The zero-order valence-corrected chi connectivity index (χ0v) is 6.79. The van der Waals surface area contributed by atoms with E-state index < -0.39 is 0 Å². The number of rotatable bonds is 2. The molecule has 0 atom stereocenters. The van der Waals surface area contributed by atoms with E-state index in [0.717, 1.165) is 5.56 Å². The van der Waals surface area contributed by atoms with Crippen molar-refractivity contribution in [2.75, 3.05) is 0 Å². The number of benzene rings is 1. The van der Waals surface area contributed by atoms with Gasteiger partial charge in [0.1, 0.15) is 0 Å². The van der Waals surface area contributed by atoms with Crippen molar-refractivity contribution < 1.29 is 4.79 Å². The smallest absolute Gasteiger partial charge is 0.248 e. The summed E-state index contributed by atoms with van der Waals surface area (Å²) in [6.07, 6.45) is 2.40. The van der Waals surface area contributed by atoms with E-state index in [4.69, 9.17) is 5.73 Å². The molecule has 2 rings (SSSR count). The Morgan fingerprint density at radius 3 is 2.58 bits per heavy atom. The summed E-state index contributed by atoms with van der Waals surface area (Å²) in [5, 5.41) is 0. The van der Waals surface area contributed by atoms with E-state index in [1.165, 1.54) is 12.8 Å². The molecule has 0 bridgehead atoms. The van der Waals surface area contributed by atoms with Crippen molar-refractivity contribution in [1.29, 1.82) is 0 Å². The molecule has 2 nitrogen and oxygen atoms in total. The van der Waals surface area contributed by atoms with Gasteiger partial charge >= 0.3 is 0 Å². The Balaban J connectivity index is 2.43. The van der Waals surface area contributed by atoms with Crippen molar-refractivity contribution >= 4 is 5.91 Å². The SMILES string of the molecule is NC(=O)c1ccccc1C1CC1. The Labute approximate surface area is 71.4 Å².